The quantitative estimate of drug-likeness (QED) is 0.729. The van der Waals surface area contributed by atoms with Crippen LogP contribution in [-0.2, 0) is 14.3 Å². The van der Waals surface area contributed by atoms with E-state index in [0.29, 0.717) is 26.2 Å². The molecule has 0 radical (unpaired) electrons. The van der Waals surface area contributed by atoms with Crippen molar-refractivity contribution in [2.24, 2.45) is 0 Å². The number of likely N-dealkylation sites (tertiary alicyclic amines) is 1. The molecule has 2 atom stereocenters. The minimum Gasteiger partial charge on any atom is -0.466 e. The Hall–Kier alpha value is -2.57. The summed E-state index contributed by atoms with van der Waals surface area (Å²) < 4.78 is 5.08. The normalized spacial score (nSPS) is 20.6. The largest absolute Gasteiger partial charge is 0.466 e. The molecule has 0 aliphatic carbocycles. The third-order valence-electron chi connectivity index (χ3n) is 5.47. The van der Waals surface area contributed by atoms with E-state index in [0.717, 1.165) is 24.8 Å². The average Bonchev–Trinajstić information content (AvgIpc) is 3.13. The van der Waals surface area contributed by atoms with Crippen LogP contribution in [0.3, 0.4) is 0 Å². The van der Waals surface area contributed by atoms with Crippen molar-refractivity contribution in [3.63, 3.8) is 0 Å². The van der Waals surface area contributed by atoms with E-state index in [2.05, 4.69) is 5.32 Å². The van der Waals surface area contributed by atoms with Crippen LogP contribution in [0.2, 0.25) is 0 Å². The second-order valence-corrected chi connectivity index (χ2v) is 7.30. The van der Waals surface area contributed by atoms with Gasteiger partial charge in [-0.15, -0.1) is 0 Å². The molecule has 1 aromatic rings. The van der Waals surface area contributed by atoms with Crippen LogP contribution in [0.1, 0.15) is 50.6 Å². The monoisotopic (exact) mass is 387 g/mol. The number of rotatable bonds is 7. The fourth-order valence-corrected chi connectivity index (χ4v) is 4.10. The fraction of sp³-hybridized carbons (Fsp3) is 0.571. The maximum absolute atomic E-state index is 13.2. The van der Waals surface area contributed by atoms with Crippen molar-refractivity contribution >= 4 is 17.9 Å². The summed E-state index contributed by atoms with van der Waals surface area (Å²) in [6.07, 6.45) is 3.21. The number of carbonyl (C=O) groups excluding carboxylic acids is 3. The summed E-state index contributed by atoms with van der Waals surface area (Å²) in [6.45, 7) is 3.95. The van der Waals surface area contributed by atoms with Crippen LogP contribution in [0.5, 0.6) is 0 Å². The van der Waals surface area contributed by atoms with Gasteiger partial charge in [0.15, 0.2) is 0 Å². The first-order chi connectivity index (χ1) is 13.6. The third-order valence-corrected chi connectivity index (χ3v) is 5.47. The second kappa shape index (κ2) is 9.57. The number of hydrogen-bond donors (Lipinski definition) is 1. The molecule has 1 N–H and O–H groups in total. The van der Waals surface area contributed by atoms with Gasteiger partial charge in [-0.3, -0.25) is 9.59 Å². The van der Waals surface area contributed by atoms with Gasteiger partial charge < -0.3 is 19.9 Å². The highest BCUT2D eigenvalue weighted by molar-refractivity contribution is 5.81. The first kappa shape index (κ1) is 20.2. The average molecular weight is 387 g/mol. The Morgan fingerprint density at radius 3 is 2.68 bits per heavy atom. The topological polar surface area (TPSA) is 79.0 Å². The van der Waals surface area contributed by atoms with Gasteiger partial charge in [-0.2, -0.15) is 0 Å². The van der Waals surface area contributed by atoms with E-state index in [4.69, 9.17) is 4.74 Å². The number of esters is 1. The molecule has 2 heterocycles. The Kier molecular flexibility index (Phi) is 6.90. The van der Waals surface area contributed by atoms with Crippen molar-refractivity contribution < 1.29 is 19.1 Å². The zero-order valence-electron chi connectivity index (χ0n) is 16.4. The van der Waals surface area contributed by atoms with E-state index < -0.39 is 0 Å². The molecule has 28 heavy (non-hydrogen) atoms. The van der Waals surface area contributed by atoms with Crippen molar-refractivity contribution in [1.82, 2.24) is 15.1 Å². The Balaban J connectivity index is 1.74. The van der Waals surface area contributed by atoms with E-state index in [1.165, 1.54) is 0 Å². The van der Waals surface area contributed by atoms with Gasteiger partial charge in [-0.1, -0.05) is 30.3 Å². The van der Waals surface area contributed by atoms with E-state index in [1.807, 2.05) is 35.2 Å². The van der Waals surface area contributed by atoms with Gasteiger partial charge in [0.1, 0.15) is 0 Å². The van der Waals surface area contributed by atoms with Crippen LogP contribution < -0.4 is 5.32 Å². The summed E-state index contributed by atoms with van der Waals surface area (Å²) in [5.74, 6) is -0.270. The van der Waals surface area contributed by atoms with Gasteiger partial charge in [0.25, 0.3) is 0 Å². The first-order valence-electron chi connectivity index (χ1n) is 10.1. The van der Waals surface area contributed by atoms with Crippen LogP contribution in [-0.4, -0.2) is 60.0 Å². The molecule has 152 valence electrons. The number of piperidine rings is 1. The molecule has 3 amide bonds. The van der Waals surface area contributed by atoms with Gasteiger partial charge in [-0.05, 0) is 31.7 Å². The molecular formula is C21H29N3O4. The Bertz CT molecular complexity index is 694. The van der Waals surface area contributed by atoms with Gasteiger partial charge in [-0.25, -0.2) is 4.79 Å². The molecule has 1 aromatic carbocycles. The smallest absolute Gasteiger partial charge is 0.318 e. The molecule has 2 saturated heterocycles. The molecule has 0 spiro atoms. The number of nitrogens with one attached hydrogen (secondary N) is 1. The number of ether oxygens (including phenoxy) is 1. The third kappa shape index (κ3) is 4.82. The minimum absolute atomic E-state index is 0.0115. The van der Waals surface area contributed by atoms with Crippen molar-refractivity contribution in [3.05, 3.63) is 35.9 Å². The molecule has 3 rings (SSSR count). The standard InChI is InChI=1S/C21H29N3O4/c1-2-28-20(26)14-17-10-6-7-12-23(17)19(25)15-18(16-8-4-3-5-9-16)24-13-11-22-21(24)27/h3-5,8-9,17-18H,2,6-7,10-15H2,1H3,(H,22,27). The lowest BCUT2D eigenvalue weighted by atomic mass is 9.96. The van der Waals surface area contributed by atoms with E-state index in [9.17, 15) is 14.4 Å². The predicted molar refractivity (Wildman–Crippen MR) is 105 cm³/mol. The lowest BCUT2D eigenvalue weighted by Crippen LogP contribution is -2.46. The molecule has 2 fully saturated rings. The summed E-state index contributed by atoms with van der Waals surface area (Å²) in [7, 11) is 0. The highest BCUT2D eigenvalue weighted by Gasteiger charge is 2.34. The summed E-state index contributed by atoms with van der Waals surface area (Å²) in [6, 6.07) is 9.11. The molecule has 2 unspecified atom stereocenters. The molecule has 0 bridgehead atoms. The van der Waals surface area contributed by atoms with Crippen LogP contribution in [0.15, 0.2) is 30.3 Å². The maximum atomic E-state index is 13.2. The molecular weight excluding hydrogens is 358 g/mol. The summed E-state index contributed by atoms with van der Waals surface area (Å²) in [5.41, 5.74) is 0.951. The number of benzene rings is 1. The van der Waals surface area contributed by atoms with Gasteiger partial charge in [0.05, 0.1) is 25.5 Å². The fourth-order valence-electron chi connectivity index (χ4n) is 4.10. The highest BCUT2D eigenvalue weighted by atomic mass is 16.5. The van der Waals surface area contributed by atoms with Crippen molar-refractivity contribution in [3.8, 4) is 0 Å². The predicted octanol–water partition coefficient (Wildman–Crippen LogP) is 2.48. The molecule has 0 saturated carbocycles. The van der Waals surface area contributed by atoms with Gasteiger partial charge in [0, 0.05) is 25.7 Å². The van der Waals surface area contributed by atoms with E-state index in [1.54, 1.807) is 11.8 Å². The Morgan fingerprint density at radius 1 is 1.21 bits per heavy atom. The van der Waals surface area contributed by atoms with Crippen molar-refractivity contribution in [1.29, 1.82) is 0 Å². The second-order valence-electron chi connectivity index (χ2n) is 7.30. The summed E-state index contributed by atoms with van der Waals surface area (Å²) >= 11 is 0. The van der Waals surface area contributed by atoms with E-state index in [-0.39, 0.29) is 42.8 Å². The lowest BCUT2D eigenvalue weighted by molar-refractivity contribution is -0.146. The SMILES string of the molecule is CCOC(=O)CC1CCCCN1C(=O)CC(c1ccccc1)N1CCNC1=O. The number of nitrogens with zero attached hydrogens (tertiary/aromatic N) is 2. The minimum atomic E-state index is -0.304. The molecule has 7 heteroatoms. The lowest BCUT2D eigenvalue weighted by Gasteiger charge is -2.37. The molecule has 2 aliphatic heterocycles. The van der Waals surface area contributed by atoms with Crippen LogP contribution in [0.25, 0.3) is 0 Å². The van der Waals surface area contributed by atoms with Crippen LogP contribution >= 0.6 is 0 Å². The van der Waals surface area contributed by atoms with Gasteiger partial charge >= 0.3 is 12.0 Å². The number of amides is 3. The highest BCUT2D eigenvalue weighted by Crippen LogP contribution is 2.29. The Labute approximate surface area is 166 Å². The zero-order valence-corrected chi connectivity index (χ0v) is 16.4. The number of hydrogen-bond acceptors (Lipinski definition) is 4. The molecule has 2 aliphatic rings. The molecule has 7 nitrogen and oxygen atoms in total. The van der Waals surface area contributed by atoms with Crippen molar-refractivity contribution in [2.45, 2.75) is 51.1 Å². The molecule has 0 aromatic heterocycles. The summed E-state index contributed by atoms with van der Waals surface area (Å²) in [4.78, 5) is 41.0. The number of carbonyl (C=O) groups is 3. The van der Waals surface area contributed by atoms with Crippen LogP contribution in [0, 0.1) is 0 Å². The van der Waals surface area contributed by atoms with Gasteiger partial charge in [0.2, 0.25) is 5.91 Å². The zero-order chi connectivity index (χ0) is 19.9. The number of urea groups is 1. The Morgan fingerprint density at radius 2 is 2.00 bits per heavy atom. The summed E-state index contributed by atoms with van der Waals surface area (Å²) in [5, 5.41) is 2.82. The maximum Gasteiger partial charge on any atom is 0.318 e. The van der Waals surface area contributed by atoms with E-state index >= 15 is 0 Å². The van der Waals surface area contributed by atoms with Crippen LogP contribution in [0.4, 0.5) is 4.79 Å². The first-order valence-corrected chi connectivity index (χ1v) is 10.1. The van der Waals surface area contributed by atoms with Crippen molar-refractivity contribution in [2.75, 3.05) is 26.2 Å².